The first-order valence-electron chi connectivity index (χ1n) is 10.6. The molecule has 2 aromatic carbocycles. The van der Waals surface area contributed by atoms with E-state index in [1.807, 2.05) is 25.1 Å². The molecule has 0 saturated carbocycles. The van der Waals surface area contributed by atoms with Crippen molar-refractivity contribution in [1.29, 1.82) is 0 Å². The molecule has 0 aliphatic heterocycles. The van der Waals surface area contributed by atoms with Gasteiger partial charge in [-0.2, -0.15) is 0 Å². The highest BCUT2D eigenvalue weighted by Crippen LogP contribution is 2.27. The summed E-state index contributed by atoms with van der Waals surface area (Å²) in [7, 11) is 0. The van der Waals surface area contributed by atoms with Crippen LogP contribution in [-0.2, 0) is 10.5 Å². The number of hydrogen-bond donors (Lipinski definition) is 1. The lowest BCUT2D eigenvalue weighted by Crippen LogP contribution is -2.28. The molecule has 1 atom stereocenters. The summed E-state index contributed by atoms with van der Waals surface area (Å²) in [6, 6.07) is 18.4. The monoisotopic (exact) mass is 422 g/mol. The third kappa shape index (κ3) is 5.95. The van der Waals surface area contributed by atoms with Crippen molar-refractivity contribution in [1.82, 2.24) is 20.1 Å². The summed E-state index contributed by atoms with van der Waals surface area (Å²) < 4.78 is 2.06. The van der Waals surface area contributed by atoms with Crippen molar-refractivity contribution >= 4 is 17.7 Å². The Labute approximate surface area is 183 Å². The summed E-state index contributed by atoms with van der Waals surface area (Å²) in [6.45, 7) is 6.18. The van der Waals surface area contributed by atoms with Crippen molar-refractivity contribution in [2.45, 2.75) is 63.4 Å². The van der Waals surface area contributed by atoms with Crippen LogP contribution in [0.15, 0.2) is 59.8 Å². The number of aromatic nitrogens is 3. The fourth-order valence-corrected chi connectivity index (χ4v) is 4.14. The third-order valence-electron chi connectivity index (χ3n) is 4.93. The van der Waals surface area contributed by atoms with Gasteiger partial charge in [0.15, 0.2) is 11.0 Å². The molecular formula is C24H30N4OS. The molecule has 0 radical (unpaired) electrons. The van der Waals surface area contributed by atoms with Crippen molar-refractivity contribution in [3.05, 3.63) is 71.5 Å². The van der Waals surface area contributed by atoms with Crippen LogP contribution in [-0.4, -0.2) is 20.7 Å². The zero-order valence-electron chi connectivity index (χ0n) is 18.0. The maximum atomic E-state index is 12.3. The van der Waals surface area contributed by atoms with E-state index in [0.717, 1.165) is 41.7 Å². The largest absolute Gasteiger partial charge is 0.346 e. The minimum atomic E-state index is -0.223. The summed E-state index contributed by atoms with van der Waals surface area (Å²) in [5.41, 5.74) is 3.44. The van der Waals surface area contributed by atoms with Crippen LogP contribution in [0.2, 0.25) is 0 Å². The lowest BCUT2D eigenvalue weighted by atomic mass is 10.2. The van der Waals surface area contributed by atoms with E-state index >= 15 is 0 Å². The molecule has 1 heterocycles. The maximum absolute atomic E-state index is 12.3. The van der Waals surface area contributed by atoms with Crippen LogP contribution in [0.3, 0.4) is 0 Å². The number of carbonyl (C=O) groups excluding carboxylic acids is 1. The molecule has 0 fully saturated rings. The quantitative estimate of drug-likeness (QED) is 0.340. The van der Waals surface area contributed by atoms with E-state index in [2.05, 4.69) is 70.3 Å². The molecule has 3 aromatic rings. The number of thioether (sulfide) groups is 1. The van der Waals surface area contributed by atoms with Crippen LogP contribution in [0, 0.1) is 6.92 Å². The molecule has 6 heteroatoms. The van der Waals surface area contributed by atoms with Gasteiger partial charge in [-0.3, -0.25) is 9.36 Å². The highest BCUT2D eigenvalue weighted by Gasteiger charge is 2.21. The van der Waals surface area contributed by atoms with Crippen molar-refractivity contribution in [2.75, 3.05) is 0 Å². The SMILES string of the molecule is CCCCCC(=O)N[C@H](C)c1nnc(SCc2ccccc2)n1-c1ccc(C)cc1. The summed E-state index contributed by atoms with van der Waals surface area (Å²) in [4.78, 5) is 12.3. The third-order valence-corrected chi connectivity index (χ3v) is 5.93. The lowest BCUT2D eigenvalue weighted by molar-refractivity contribution is -0.121. The van der Waals surface area contributed by atoms with Crippen LogP contribution >= 0.6 is 11.8 Å². The molecule has 158 valence electrons. The molecule has 1 amide bonds. The standard InChI is InChI=1S/C24H30N4OS/c1-4-5-7-12-22(29)25-19(3)23-26-27-24(30-17-20-10-8-6-9-11-20)28(23)21-15-13-18(2)14-16-21/h6,8-11,13-16,19H,4-5,7,12,17H2,1-3H3,(H,25,29)/t19-/m1/s1. The van der Waals surface area contributed by atoms with Gasteiger partial charge < -0.3 is 5.32 Å². The van der Waals surface area contributed by atoms with E-state index < -0.39 is 0 Å². The zero-order chi connectivity index (χ0) is 21.3. The molecular weight excluding hydrogens is 392 g/mol. The van der Waals surface area contributed by atoms with E-state index in [9.17, 15) is 4.79 Å². The average Bonchev–Trinajstić information content (AvgIpc) is 3.18. The van der Waals surface area contributed by atoms with E-state index in [1.165, 1.54) is 11.1 Å². The maximum Gasteiger partial charge on any atom is 0.220 e. The summed E-state index contributed by atoms with van der Waals surface area (Å²) in [6.07, 6.45) is 3.64. The van der Waals surface area contributed by atoms with E-state index in [4.69, 9.17) is 0 Å². The fourth-order valence-electron chi connectivity index (χ4n) is 3.23. The van der Waals surface area contributed by atoms with Gasteiger partial charge in [-0.15, -0.1) is 10.2 Å². The van der Waals surface area contributed by atoms with Crippen molar-refractivity contribution in [3.63, 3.8) is 0 Å². The topological polar surface area (TPSA) is 59.8 Å². The number of rotatable bonds is 10. The Morgan fingerprint density at radius 1 is 1.07 bits per heavy atom. The smallest absolute Gasteiger partial charge is 0.220 e. The molecule has 0 saturated heterocycles. The van der Waals surface area contributed by atoms with Crippen molar-refractivity contribution < 1.29 is 4.79 Å². The molecule has 0 bridgehead atoms. The Morgan fingerprint density at radius 3 is 2.50 bits per heavy atom. The van der Waals surface area contributed by atoms with Crippen LogP contribution < -0.4 is 5.32 Å². The number of nitrogens with one attached hydrogen (secondary N) is 1. The first-order chi connectivity index (χ1) is 14.6. The number of carbonyl (C=O) groups is 1. The van der Waals surface area contributed by atoms with Gasteiger partial charge in [-0.1, -0.05) is 79.6 Å². The highest BCUT2D eigenvalue weighted by molar-refractivity contribution is 7.98. The minimum absolute atomic E-state index is 0.0629. The van der Waals surface area contributed by atoms with Gasteiger partial charge in [0.05, 0.1) is 6.04 Å². The fraction of sp³-hybridized carbons (Fsp3) is 0.375. The van der Waals surface area contributed by atoms with E-state index in [0.29, 0.717) is 6.42 Å². The Balaban J connectivity index is 1.82. The number of aryl methyl sites for hydroxylation is 1. The molecule has 0 aliphatic carbocycles. The molecule has 1 N–H and O–H groups in total. The summed E-state index contributed by atoms with van der Waals surface area (Å²) >= 11 is 1.65. The predicted octanol–water partition coefficient (Wildman–Crippen LogP) is 5.63. The molecule has 30 heavy (non-hydrogen) atoms. The first-order valence-corrected chi connectivity index (χ1v) is 11.6. The van der Waals surface area contributed by atoms with Crippen LogP contribution in [0.4, 0.5) is 0 Å². The second kappa shape index (κ2) is 11.0. The second-order valence-corrected chi connectivity index (χ2v) is 8.47. The highest BCUT2D eigenvalue weighted by atomic mass is 32.2. The lowest BCUT2D eigenvalue weighted by Gasteiger charge is -2.16. The predicted molar refractivity (Wildman–Crippen MR) is 123 cm³/mol. The Bertz CT molecular complexity index is 938. The van der Waals surface area contributed by atoms with Crippen molar-refractivity contribution in [3.8, 4) is 5.69 Å². The van der Waals surface area contributed by atoms with Gasteiger partial charge in [0.1, 0.15) is 0 Å². The molecule has 0 spiro atoms. The normalized spacial score (nSPS) is 12.0. The molecule has 0 aliphatic rings. The van der Waals surface area contributed by atoms with Gasteiger partial charge in [0, 0.05) is 17.9 Å². The van der Waals surface area contributed by atoms with Gasteiger partial charge in [-0.05, 0) is 38.0 Å². The van der Waals surface area contributed by atoms with E-state index in [1.54, 1.807) is 11.8 Å². The van der Waals surface area contributed by atoms with Gasteiger partial charge in [0.2, 0.25) is 5.91 Å². The average molecular weight is 423 g/mol. The Morgan fingerprint density at radius 2 is 1.80 bits per heavy atom. The molecule has 1 aromatic heterocycles. The first kappa shape index (κ1) is 22.1. The van der Waals surface area contributed by atoms with Crippen LogP contribution in [0.5, 0.6) is 0 Å². The molecule has 3 rings (SSSR count). The van der Waals surface area contributed by atoms with Gasteiger partial charge in [0.25, 0.3) is 0 Å². The Hall–Kier alpha value is -2.60. The van der Waals surface area contributed by atoms with Crippen LogP contribution in [0.25, 0.3) is 5.69 Å². The minimum Gasteiger partial charge on any atom is -0.346 e. The van der Waals surface area contributed by atoms with Crippen molar-refractivity contribution in [2.24, 2.45) is 0 Å². The summed E-state index contributed by atoms with van der Waals surface area (Å²) in [5, 5.41) is 12.8. The van der Waals surface area contributed by atoms with Gasteiger partial charge >= 0.3 is 0 Å². The summed E-state index contributed by atoms with van der Waals surface area (Å²) in [5.74, 6) is 1.62. The molecule has 0 unspecified atom stereocenters. The second-order valence-electron chi connectivity index (χ2n) is 7.53. The molecule has 5 nitrogen and oxygen atoms in total. The number of hydrogen-bond acceptors (Lipinski definition) is 4. The number of amides is 1. The van der Waals surface area contributed by atoms with Crippen LogP contribution in [0.1, 0.15) is 62.5 Å². The Kier molecular flexibility index (Phi) is 8.08. The van der Waals surface area contributed by atoms with Gasteiger partial charge in [-0.25, -0.2) is 0 Å². The number of unbranched alkanes of at least 4 members (excludes halogenated alkanes) is 2. The number of nitrogens with zero attached hydrogens (tertiary/aromatic N) is 3. The number of benzene rings is 2. The van der Waals surface area contributed by atoms with E-state index in [-0.39, 0.29) is 11.9 Å². The zero-order valence-corrected chi connectivity index (χ0v) is 18.8.